The van der Waals surface area contributed by atoms with Gasteiger partial charge < -0.3 is 4.57 Å². The smallest absolute Gasteiger partial charge is 0.137 e. The number of benzene rings is 2. The van der Waals surface area contributed by atoms with Crippen LogP contribution < -0.4 is 5.30 Å². The lowest BCUT2D eigenvalue weighted by Crippen LogP contribution is -2.06. The zero-order chi connectivity index (χ0) is 13.3. The molecule has 0 saturated heterocycles. The van der Waals surface area contributed by atoms with Crippen LogP contribution in [0.4, 0.5) is 0 Å². The summed E-state index contributed by atoms with van der Waals surface area (Å²) < 4.78 is 14.0. The number of rotatable bonds is 2. The van der Waals surface area contributed by atoms with Crippen molar-refractivity contribution in [2.75, 3.05) is 6.16 Å². The molecule has 19 heavy (non-hydrogen) atoms. The Morgan fingerprint density at radius 1 is 1.00 bits per heavy atom. The van der Waals surface area contributed by atoms with E-state index in [4.69, 9.17) is 0 Å². The SMILES string of the molecule is O=P1(c2ccccc2)C=CC(c2ccc(Br)cc2)C1. The Balaban J connectivity index is 1.87. The molecular weight excluding hydrogens is 319 g/mol. The third-order valence-electron chi connectivity index (χ3n) is 3.52. The van der Waals surface area contributed by atoms with Gasteiger partial charge in [0.15, 0.2) is 0 Å². The first-order valence-electron chi connectivity index (χ1n) is 6.27. The van der Waals surface area contributed by atoms with Gasteiger partial charge in [-0.15, -0.1) is 0 Å². The van der Waals surface area contributed by atoms with Gasteiger partial charge in [0, 0.05) is 21.9 Å². The second-order valence-electron chi connectivity index (χ2n) is 4.81. The number of halogens is 1. The average molecular weight is 333 g/mol. The minimum Gasteiger partial charge on any atom is -0.314 e. The molecule has 0 aromatic heterocycles. The Morgan fingerprint density at radius 3 is 2.37 bits per heavy atom. The molecule has 0 saturated carbocycles. The van der Waals surface area contributed by atoms with Crippen LogP contribution in [0.2, 0.25) is 0 Å². The van der Waals surface area contributed by atoms with E-state index in [1.807, 2.05) is 48.3 Å². The summed E-state index contributed by atoms with van der Waals surface area (Å²) in [7, 11) is -2.35. The van der Waals surface area contributed by atoms with Crippen molar-refractivity contribution < 1.29 is 4.57 Å². The maximum atomic E-state index is 13.0. The fourth-order valence-corrected chi connectivity index (χ4v) is 5.30. The third kappa shape index (κ3) is 2.61. The van der Waals surface area contributed by atoms with E-state index in [0.717, 1.165) is 9.78 Å². The van der Waals surface area contributed by atoms with Crippen LogP contribution in [0.5, 0.6) is 0 Å². The average Bonchev–Trinajstić information content (AvgIpc) is 2.85. The second kappa shape index (κ2) is 5.11. The first kappa shape index (κ1) is 12.9. The minimum atomic E-state index is -2.35. The molecule has 0 spiro atoms. The Kier molecular flexibility index (Phi) is 3.47. The summed E-state index contributed by atoms with van der Waals surface area (Å²) in [4.78, 5) is 0. The van der Waals surface area contributed by atoms with Gasteiger partial charge >= 0.3 is 0 Å². The summed E-state index contributed by atoms with van der Waals surface area (Å²) in [5.41, 5.74) is 1.23. The Labute approximate surface area is 121 Å². The summed E-state index contributed by atoms with van der Waals surface area (Å²) in [6, 6.07) is 18.1. The maximum Gasteiger partial charge on any atom is 0.137 e. The van der Waals surface area contributed by atoms with E-state index < -0.39 is 7.14 Å². The lowest BCUT2D eigenvalue weighted by molar-refractivity contribution is 0.586. The molecule has 0 fully saturated rings. The van der Waals surface area contributed by atoms with Crippen LogP contribution in [0.25, 0.3) is 0 Å². The molecule has 2 aromatic rings. The van der Waals surface area contributed by atoms with Crippen molar-refractivity contribution in [3.8, 4) is 0 Å². The van der Waals surface area contributed by atoms with E-state index >= 15 is 0 Å². The van der Waals surface area contributed by atoms with Crippen LogP contribution in [0.1, 0.15) is 11.5 Å². The van der Waals surface area contributed by atoms with Crippen molar-refractivity contribution >= 4 is 28.4 Å². The molecule has 0 radical (unpaired) electrons. The molecule has 2 aromatic carbocycles. The zero-order valence-corrected chi connectivity index (χ0v) is 12.8. The standard InChI is InChI=1S/C16H14BrOP/c17-15-8-6-13(7-9-15)14-10-11-19(18,12-14)16-4-2-1-3-5-16/h1-11,14H,12H2. The molecule has 2 unspecified atom stereocenters. The first-order valence-corrected chi connectivity index (χ1v) is 9.02. The lowest BCUT2D eigenvalue weighted by Gasteiger charge is -2.13. The van der Waals surface area contributed by atoms with E-state index in [-0.39, 0.29) is 5.92 Å². The Hall–Kier alpha value is -1.11. The number of allylic oxidation sites excluding steroid dienone is 1. The normalized spacial score (nSPS) is 25.6. The fourth-order valence-electron chi connectivity index (χ4n) is 2.46. The zero-order valence-electron chi connectivity index (χ0n) is 10.4. The highest BCUT2D eigenvalue weighted by atomic mass is 79.9. The van der Waals surface area contributed by atoms with Gasteiger partial charge in [-0.1, -0.05) is 64.5 Å². The first-order chi connectivity index (χ1) is 9.17. The fraction of sp³-hybridized carbons (Fsp3) is 0.125. The van der Waals surface area contributed by atoms with Crippen LogP contribution in [0.15, 0.2) is 71.0 Å². The van der Waals surface area contributed by atoms with E-state index in [1.165, 1.54) is 5.56 Å². The van der Waals surface area contributed by atoms with Gasteiger partial charge in [-0.3, -0.25) is 0 Å². The van der Waals surface area contributed by atoms with Crippen LogP contribution in [0, 0.1) is 0 Å². The van der Waals surface area contributed by atoms with Gasteiger partial charge in [-0.2, -0.15) is 0 Å². The van der Waals surface area contributed by atoms with Gasteiger partial charge in [0.05, 0.1) is 0 Å². The molecule has 0 N–H and O–H groups in total. The number of hydrogen-bond donors (Lipinski definition) is 0. The molecule has 0 bridgehead atoms. The number of hydrogen-bond acceptors (Lipinski definition) is 1. The highest BCUT2D eigenvalue weighted by Crippen LogP contribution is 2.54. The predicted molar refractivity (Wildman–Crippen MR) is 84.6 cm³/mol. The van der Waals surface area contributed by atoms with E-state index in [0.29, 0.717) is 6.16 Å². The molecular formula is C16H14BrOP. The van der Waals surface area contributed by atoms with E-state index in [9.17, 15) is 4.57 Å². The quantitative estimate of drug-likeness (QED) is 0.725. The van der Waals surface area contributed by atoms with Crippen molar-refractivity contribution in [2.45, 2.75) is 5.92 Å². The van der Waals surface area contributed by atoms with Crippen LogP contribution in [0.3, 0.4) is 0 Å². The topological polar surface area (TPSA) is 17.1 Å². The highest BCUT2D eigenvalue weighted by Gasteiger charge is 2.30. The van der Waals surface area contributed by atoms with E-state index in [2.05, 4.69) is 34.1 Å². The molecule has 1 aliphatic heterocycles. The van der Waals surface area contributed by atoms with Gasteiger partial charge in [0.2, 0.25) is 0 Å². The lowest BCUT2D eigenvalue weighted by atomic mass is 10.0. The monoisotopic (exact) mass is 332 g/mol. The van der Waals surface area contributed by atoms with Crippen molar-refractivity contribution in [2.24, 2.45) is 0 Å². The van der Waals surface area contributed by atoms with Crippen molar-refractivity contribution in [1.29, 1.82) is 0 Å². The molecule has 2 atom stereocenters. The maximum absolute atomic E-state index is 13.0. The van der Waals surface area contributed by atoms with Gasteiger partial charge in [-0.25, -0.2) is 0 Å². The molecule has 0 aliphatic carbocycles. The predicted octanol–water partition coefficient (Wildman–Crippen LogP) is 4.75. The molecule has 3 heteroatoms. The second-order valence-corrected chi connectivity index (χ2v) is 8.50. The van der Waals surface area contributed by atoms with Crippen LogP contribution in [-0.2, 0) is 4.57 Å². The van der Waals surface area contributed by atoms with Gasteiger partial charge in [0.1, 0.15) is 7.14 Å². The summed E-state index contributed by atoms with van der Waals surface area (Å²) >= 11 is 3.44. The van der Waals surface area contributed by atoms with Crippen molar-refractivity contribution in [1.82, 2.24) is 0 Å². The van der Waals surface area contributed by atoms with E-state index in [1.54, 1.807) is 0 Å². The molecule has 1 heterocycles. The largest absolute Gasteiger partial charge is 0.314 e. The molecule has 3 rings (SSSR count). The summed E-state index contributed by atoms with van der Waals surface area (Å²) in [6.07, 6.45) is 2.80. The Morgan fingerprint density at radius 2 is 1.68 bits per heavy atom. The van der Waals surface area contributed by atoms with Gasteiger partial charge in [0.25, 0.3) is 0 Å². The van der Waals surface area contributed by atoms with Gasteiger partial charge in [-0.05, 0) is 23.5 Å². The van der Waals surface area contributed by atoms with Crippen molar-refractivity contribution in [3.63, 3.8) is 0 Å². The molecule has 1 aliphatic rings. The third-order valence-corrected chi connectivity index (χ3v) is 6.81. The summed E-state index contributed by atoms with van der Waals surface area (Å²) in [5.74, 6) is 2.19. The van der Waals surface area contributed by atoms with Crippen LogP contribution >= 0.6 is 23.1 Å². The molecule has 1 nitrogen and oxygen atoms in total. The Bertz CT molecular complexity index is 646. The van der Waals surface area contributed by atoms with Crippen molar-refractivity contribution in [3.05, 3.63) is 76.5 Å². The molecule has 0 amide bonds. The minimum absolute atomic E-state index is 0.263. The molecule has 96 valence electrons. The highest BCUT2D eigenvalue weighted by molar-refractivity contribution is 9.10. The summed E-state index contributed by atoms with van der Waals surface area (Å²) in [5, 5.41) is 0.964. The van der Waals surface area contributed by atoms with Crippen LogP contribution in [-0.4, -0.2) is 6.16 Å². The summed E-state index contributed by atoms with van der Waals surface area (Å²) in [6.45, 7) is 0.